The molecule has 1 rings (SSSR count). The molecule has 0 heterocycles. The highest BCUT2D eigenvalue weighted by Crippen LogP contribution is 2.19. The third kappa shape index (κ3) is 5.83. The fourth-order valence-corrected chi connectivity index (χ4v) is 1.87. The lowest BCUT2D eigenvalue weighted by molar-refractivity contribution is -0.141. The van der Waals surface area contributed by atoms with Crippen LogP contribution in [0.4, 0.5) is 0 Å². The fraction of sp³-hybridized carbons (Fsp3) is 0.357. The molecule has 0 radical (unpaired) electrons. The molecule has 3 N–H and O–H groups in total. The van der Waals surface area contributed by atoms with Gasteiger partial charge in [0.25, 0.3) is 0 Å². The Morgan fingerprint density at radius 3 is 2.24 bits per heavy atom. The van der Waals surface area contributed by atoms with E-state index in [1.165, 1.54) is 13.8 Å². The molecule has 1 aromatic carbocycles. The van der Waals surface area contributed by atoms with Crippen LogP contribution in [0, 0.1) is 0 Å². The molecule has 0 aliphatic rings. The van der Waals surface area contributed by atoms with Gasteiger partial charge in [-0.2, -0.15) is 0 Å². The largest absolute Gasteiger partial charge is 0.480 e. The molecular formula is C14H17ClN2O4. The highest BCUT2D eigenvalue weighted by Gasteiger charge is 2.20. The predicted octanol–water partition coefficient (Wildman–Crippen LogP) is 1.50. The lowest BCUT2D eigenvalue weighted by Crippen LogP contribution is -2.40. The minimum atomic E-state index is -1.12. The van der Waals surface area contributed by atoms with Crippen LogP contribution in [0.3, 0.4) is 0 Å². The summed E-state index contributed by atoms with van der Waals surface area (Å²) in [6.07, 6.45) is -0.0567. The third-order valence-electron chi connectivity index (χ3n) is 2.79. The van der Waals surface area contributed by atoms with Crippen molar-refractivity contribution in [1.29, 1.82) is 0 Å². The van der Waals surface area contributed by atoms with Crippen LogP contribution in [0.5, 0.6) is 0 Å². The summed E-state index contributed by atoms with van der Waals surface area (Å²) < 4.78 is 0. The van der Waals surface area contributed by atoms with Gasteiger partial charge in [0.05, 0.1) is 12.5 Å². The van der Waals surface area contributed by atoms with Crippen molar-refractivity contribution >= 4 is 29.4 Å². The molecule has 1 unspecified atom stereocenters. The summed E-state index contributed by atoms with van der Waals surface area (Å²) in [7, 11) is 0. The summed E-state index contributed by atoms with van der Waals surface area (Å²) in [5.74, 6) is -1.86. The van der Waals surface area contributed by atoms with Crippen LogP contribution in [-0.2, 0) is 14.4 Å². The molecule has 2 atom stereocenters. The normalized spacial score (nSPS) is 13.1. The van der Waals surface area contributed by atoms with Gasteiger partial charge in [0.2, 0.25) is 11.8 Å². The fourth-order valence-electron chi connectivity index (χ4n) is 1.74. The second kappa shape index (κ2) is 7.64. The molecule has 21 heavy (non-hydrogen) atoms. The molecule has 1 aromatic rings. The van der Waals surface area contributed by atoms with Crippen molar-refractivity contribution in [3.63, 3.8) is 0 Å². The van der Waals surface area contributed by atoms with Crippen molar-refractivity contribution in [3.05, 3.63) is 34.9 Å². The first-order valence-corrected chi connectivity index (χ1v) is 6.72. The van der Waals surface area contributed by atoms with Crippen molar-refractivity contribution in [2.24, 2.45) is 0 Å². The van der Waals surface area contributed by atoms with Gasteiger partial charge >= 0.3 is 5.97 Å². The van der Waals surface area contributed by atoms with E-state index in [-0.39, 0.29) is 12.3 Å². The van der Waals surface area contributed by atoms with Gasteiger partial charge in [0.15, 0.2) is 0 Å². The number of aliphatic carboxylic acids is 1. The van der Waals surface area contributed by atoms with Gasteiger partial charge in [0.1, 0.15) is 6.04 Å². The number of amides is 2. The molecular weight excluding hydrogens is 296 g/mol. The van der Waals surface area contributed by atoms with E-state index in [1.54, 1.807) is 24.3 Å². The van der Waals surface area contributed by atoms with E-state index in [0.29, 0.717) is 10.6 Å². The van der Waals surface area contributed by atoms with Crippen molar-refractivity contribution < 1.29 is 19.5 Å². The molecule has 0 aliphatic carbocycles. The average molecular weight is 313 g/mol. The van der Waals surface area contributed by atoms with Crippen LogP contribution in [0.2, 0.25) is 5.02 Å². The maximum absolute atomic E-state index is 11.8. The first-order valence-electron chi connectivity index (χ1n) is 6.34. The van der Waals surface area contributed by atoms with Crippen molar-refractivity contribution in [3.8, 4) is 0 Å². The Kier molecular flexibility index (Phi) is 6.17. The zero-order chi connectivity index (χ0) is 16.0. The number of rotatable bonds is 6. The first kappa shape index (κ1) is 17.0. The molecule has 7 heteroatoms. The smallest absolute Gasteiger partial charge is 0.325 e. The Morgan fingerprint density at radius 2 is 1.76 bits per heavy atom. The van der Waals surface area contributed by atoms with E-state index in [2.05, 4.69) is 10.6 Å². The highest BCUT2D eigenvalue weighted by atomic mass is 35.5. The van der Waals surface area contributed by atoms with Crippen LogP contribution in [0.15, 0.2) is 24.3 Å². The monoisotopic (exact) mass is 312 g/mol. The molecule has 114 valence electrons. The second-order valence-corrected chi connectivity index (χ2v) is 5.07. The Bertz CT molecular complexity index is 530. The number of hydrogen-bond donors (Lipinski definition) is 3. The minimum absolute atomic E-state index is 0.0567. The number of hydrogen-bond acceptors (Lipinski definition) is 3. The quantitative estimate of drug-likeness (QED) is 0.741. The third-order valence-corrected chi connectivity index (χ3v) is 3.04. The van der Waals surface area contributed by atoms with Crippen molar-refractivity contribution in [1.82, 2.24) is 10.6 Å². The van der Waals surface area contributed by atoms with Crippen LogP contribution < -0.4 is 10.6 Å². The Balaban J connectivity index is 2.79. The van der Waals surface area contributed by atoms with E-state index in [1.807, 2.05) is 0 Å². The summed E-state index contributed by atoms with van der Waals surface area (Å²) in [5, 5.41) is 14.3. The SMILES string of the molecule is CC(=O)NC(CC(=O)N[C@H](C)C(=O)O)c1ccc(Cl)cc1. The van der Waals surface area contributed by atoms with E-state index in [9.17, 15) is 14.4 Å². The lowest BCUT2D eigenvalue weighted by atomic mass is 10.0. The van der Waals surface area contributed by atoms with Crippen molar-refractivity contribution in [2.75, 3.05) is 0 Å². The summed E-state index contributed by atoms with van der Waals surface area (Å²) >= 11 is 5.80. The van der Waals surface area contributed by atoms with E-state index >= 15 is 0 Å². The van der Waals surface area contributed by atoms with E-state index in [0.717, 1.165) is 0 Å². The number of benzene rings is 1. The second-order valence-electron chi connectivity index (χ2n) is 4.64. The summed E-state index contributed by atoms with van der Waals surface area (Å²) in [4.78, 5) is 33.8. The Morgan fingerprint density at radius 1 is 1.19 bits per heavy atom. The summed E-state index contributed by atoms with van der Waals surface area (Å²) in [6, 6.07) is 5.20. The van der Waals surface area contributed by atoms with E-state index < -0.39 is 24.0 Å². The molecule has 2 amide bonds. The Labute approximate surface area is 127 Å². The molecule has 6 nitrogen and oxygen atoms in total. The maximum atomic E-state index is 11.8. The van der Waals surface area contributed by atoms with Gasteiger partial charge in [0, 0.05) is 11.9 Å². The first-order chi connectivity index (χ1) is 9.79. The standard InChI is InChI=1S/C14H17ClN2O4/c1-8(14(20)21)16-13(19)7-12(17-9(2)18)10-3-5-11(15)6-4-10/h3-6,8,12H,7H2,1-2H3,(H,16,19)(H,17,18)(H,20,21)/t8-,12?/m1/s1. The van der Waals surface area contributed by atoms with Gasteiger partial charge in [-0.15, -0.1) is 0 Å². The summed E-state index contributed by atoms with van der Waals surface area (Å²) in [6.45, 7) is 2.72. The van der Waals surface area contributed by atoms with Crippen LogP contribution in [0.1, 0.15) is 31.9 Å². The van der Waals surface area contributed by atoms with E-state index in [4.69, 9.17) is 16.7 Å². The number of carbonyl (C=O) groups excluding carboxylic acids is 2. The molecule has 0 bridgehead atoms. The lowest BCUT2D eigenvalue weighted by Gasteiger charge is -2.19. The minimum Gasteiger partial charge on any atom is -0.480 e. The molecule has 0 aliphatic heterocycles. The molecule has 0 aromatic heterocycles. The topological polar surface area (TPSA) is 95.5 Å². The number of carboxylic acid groups (broad SMARTS) is 1. The van der Waals surface area contributed by atoms with Crippen LogP contribution in [-0.4, -0.2) is 28.9 Å². The summed E-state index contributed by atoms with van der Waals surface area (Å²) in [5.41, 5.74) is 0.715. The van der Waals surface area contributed by atoms with Gasteiger partial charge in [-0.25, -0.2) is 0 Å². The average Bonchev–Trinajstić information content (AvgIpc) is 2.38. The molecule has 0 saturated carbocycles. The number of halogens is 1. The zero-order valence-electron chi connectivity index (χ0n) is 11.7. The number of carbonyl (C=O) groups is 3. The molecule has 0 fully saturated rings. The highest BCUT2D eigenvalue weighted by molar-refractivity contribution is 6.30. The van der Waals surface area contributed by atoms with Gasteiger partial charge in [-0.3, -0.25) is 14.4 Å². The van der Waals surface area contributed by atoms with Gasteiger partial charge in [-0.05, 0) is 24.6 Å². The number of carboxylic acids is 1. The zero-order valence-corrected chi connectivity index (χ0v) is 12.5. The molecule has 0 saturated heterocycles. The predicted molar refractivity (Wildman–Crippen MR) is 77.9 cm³/mol. The van der Waals surface area contributed by atoms with Crippen molar-refractivity contribution in [2.45, 2.75) is 32.4 Å². The Hall–Kier alpha value is -2.08. The van der Waals surface area contributed by atoms with Gasteiger partial charge < -0.3 is 15.7 Å². The number of nitrogens with one attached hydrogen (secondary N) is 2. The maximum Gasteiger partial charge on any atom is 0.325 e. The van der Waals surface area contributed by atoms with Crippen LogP contribution >= 0.6 is 11.6 Å². The van der Waals surface area contributed by atoms with Crippen LogP contribution in [0.25, 0.3) is 0 Å². The van der Waals surface area contributed by atoms with Gasteiger partial charge in [-0.1, -0.05) is 23.7 Å². The molecule has 0 spiro atoms.